The smallest absolute Gasteiger partial charge is 0.255 e. The molecule has 3 aromatic rings. The summed E-state index contributed by atoms with van der Waals surface area (Å²) >= 11 is 2.55. The summed E-state index contributed by atoms with van der Waals surface area (Å²) < 4.78 is 6.83. The highest BCUT2D eigenvalue weighted by molar-refractivity contribution is 7.24. The number of aromatic nitrogens is 2. The topological polar surface area (TPSA) is 34.4 Å². The van der Waals surface area contributed by atoms with Gasteiger partial charge in [0.15, 0.2) is 0 Å². The first-order valence-corrected chi connectivity index (χ1v) is 5.31. The van der Waals surface area contributed by atoms with Crippen LogP contribution < -0.4 is 4.87 Å². The number of fused-ring (bicyclic) bond motifs is 3. The van der Waals surface area contributed by atoms with Crippen LogP contribution in [0.25, 0.3) is 15.2 Å². The van der Waals surface area contributed by atoms with Gasteiger partial charge in [0.25, 0.3) is 0 Å². The average Bonchev–Trinajstić information content (AvgIpc) is 2.66. The molecule has 0 unspecified atom stereocenters. The fourth-order valence-electron chi connectivity index (χ4n) is 1.33. The third kappa shape index (κ3) is 0.882. The molecule has 0 saturated carbocycles. The first-order valence-electron chi connectivity index (χ1n) is 3.72. The van der Waals surface area contributed by atoms with Gasteiger partial charge in [-0.1, -0.05) is 23.5 Å². The van der Waals surface area contributed by atoms with Crippen LogP contribution in [0.1, 0.15) is 0 Å². The fraction of sp³-hybridized carbons (Fsp3) is 0. The van der Waals surface area contributed by atoms with E-state index in [0.717, 1.165) is 26.7 Å². The molecule has 0 N–H and O–H groups in total. The lowest BCUT2D eigenvalue weighted by Crippen LogP contribution is -2.00. The first kappa shape index (κ1) is 7.23. The van der Waals surface area contributed by atoms with Crippen LogP contribution in [0.2, 0.25) is 0 Å². The third-order valence-corrected chi connectivity index (χ3v) is 3.62. The van der Waals surface area contributed by atoms with Crippen molar-refractivity contribution < 1.29 is 0 Å². The van der Waals surface area contributed by atoms with E-state index in [-0.39, 0.29) is 4.87 Å². The van der Waals surface area contributed by atoms with Crippen LogP contribution in [-0.2, 0) is 0 Å². The summed E-state index contributed by atoms with van der Waals surface area (Å²) in [4.78, 5) is 12.2. The summed E-state index contributed by atoms with van der Waals surface area (Å²) in [5, 5.41) is 0. The number of hydrogen-bond donors (Lipinski definition) is 0. The van der Waals surface area contributed by atoms with E-state index in [1.807, 2.05) is 24.3 Å². The van der Waals surface area contributed by atoms with Crippen LogP contribution in [0.4, 0.5) is 0 Å². The summed E-state index contributed by atoms with van der Waals surface area (Å²) in [7, 11) is 0. The lowest BCUT2D eigenvalue weighted by molar-refractivity contribution is 1.24. The second kappa shape index (κ2) is 2.40. The Morgan fingerprint density at radius 2 is 2.15 bits per heavy atom. The van der Waals surface area contributed by atoms with Gasteiger partial charge in [0.05, 0.1) is 10.2 Å². The molecule has 0 atom stereocenters. The van der Waals surface area contributed by atoms with Gasteiger partial charge in [0.2, 0.25) is 4.96 Å². The van der Waals surface area contributed by atoms with Gasteiger partial charge in [0, 0.05) is 11.5 Å². The Hall–Kier alpha value is -1.20. The van der Waals surface area contributed by atoms with Crippen LogP contribution in [0.3, 0.4) is 0 Å². The van der Waals surface area contributed by atoms with E-state index < -0.39 is 0 Å². The van der Waals surface area contributed by atoms with Crippen LogP contribution in [0.15, 0.2) is 29.1 Å². The maximum Gasteiger partial charge on any atom is 0.331 e. The molecule has 0 amide bonds. The standard InChI is InChI=1S/C8H4N2OS2/c11-8-10-5-3-1-2-4-6(5)12-7(10)9-13-8/h1-4H. The van der Waals surface area contributed by atoms with Crippen molar-refractivity contribution in [3.63, 3.8) is 0 Å². The number of rotatable bonds is 0. The van der Waals surface area contributed by atoms with Crippen molar-refractivity contribution in [1.82, 2.24) is 8.77 Å². The Bertz CT molecular complexity index is 634. The maximum absolute atomic E-state index is 11.4. The van der Waals surface area contributed by atoms with E-state index in [1.165, 1.54) is 0 Å². The second-order valence-electron chi connectivity index (χ2n) is 2.64. The van der Waals surface area contributed by atoms with Gasteiger partial charge in [-0.25, -0.2) is 4.40 Å². The quantitative estimate of drug-likeness (QED) is 0.566. The molecule has 0 radical (unpaired) electrons. The van der Waals surface area contributed by atoms with Crippen molar-refractivity contribution in [2.24, 2.45) is 0 Å². The minimum atomic E-state index is -0.00699. The molecule has 0 bridgehead atoms. The number of nitrogens with zero attached hydrogens (tertiary/aromatic N) is 2. The predicted molar refractivity (Wildman–Crippen MR) is 54.7 cm³/mol. The number of thiazole rings is 1. The minimum Gasteiger partial charge on any atom is -0.255 e. The molecule has 0 aliphatic heterocycles. The fourth-order valence-corrected chi connectivity index (χ4v) is 3.03. The molecule has 0 aliphatic carbocycles. The molecular weight excluding hydrogens is 204 g/mol. The minimum absolute atomic E-state index is 0.00699. The molecule has 3 nitrogen and oxygen atoms in total. The Labute approximate surface area is 81.0 Å². The van der Waals surface area contributed by atoms with Gasteiger partial charge in [0.1, 0.15) is 0 Å². The van der Waals surface area contributed by atoms with Crippen molar-refractivity contribution in [2.45, 2.75) is 0 Å². The van der Waals surface area contributed by atoms with Gasteiger partial charge in [-0.15, -0.1) is 0 Å². The van der Waals surface area contributed by atoms with Gasteiger partial charge < -0.3 is 0 Å². The SMILES string of the molecule is O=c1snc2sc3ccccc3n12. The Morgan fingerprint density at radius 3 is 3.08 bits per heavy atom. The molecular formula is C8H4N2OS2. The van der Waals surface area contributed by atoms with Crippen molar-refractivity contribution in [2.75, 3.05) is 0 Å². The largest absolute Gasteiger partial charge is 0.331 e. The summed E-state index contributed by atoms with van der Waals surface area (Å²) in [6.45, 7) is 0. The molecule has 5 heteroatoms. The van der Waals surface area contributed by atoms with E-state index in [9.17, 15) is 4.79 Å². The van der Waals surface area contributed by atoms with Crippen LogP contribution in [0.5, 0.6) is 0 Å². The summed E-state index contributed by atoms with van der Waals surface area (Å²) in [6.07, 6.45) is 0. The Balaban J connectivity index is 2.75. The van der Waals surface area contributed by atoms with Crippen molar-refractivity contribution >= 4 is 38.0 Å². The second-order valence-corrected chi connectivity index (χ2v) is 4.36. The molecule has 0 fully saturated rings. The Kier molecular flexibility index (Phi) is 1.33. The third-order valence-electron chi connectivity index (χ3n) is 1.88. The van der Waals surface area contributed by atoms with E-state index in [1.54, 1.807) is 15.7 Å². The number of hydrogen-bond acceptors (Lipinski definition) is 4. The van der Waals surface area contributed by atoms with Crippen molar-refractivity contribution in [3.8, 4) is 0 Å². The summed E-state index contributed by atoms with van der Waals surface area (Å²) in [5.74, 6) is 0. The first-order chi connectivity index (χ1) is 6.36. The monoisotopic (exact) mass is 208 g/mol. The van der Waals surface area contributed by atoms with E-state index in [2.05, 4.69) is 4.37 Å². The molecule has 1 aromatic carbocycles. The van der Waals surface area contributed by atoms with E-state index in [4.69, 9.17) is 0 Å². The number of benzene rings is 1. The normalized spacial score (nSPS) is 11.4. The summed E-state index contributed by atoms with van der Waals surface area (Å²) in [5.41, 5.74) is 0.959. The van der Waals surface area contributed by atoms with Crippen LogP contribution in [-0.4, -0.2) is 8.77 Å². The molecule has 2 heterocycles. The zero-order chi connectivity index (χ0) is 8.84. The zero-order valence-electron chi connectivity index (χ0n) is 6.43. The van der Waals surface area contributed by atoms with Gasteiger partial charge in [-0.05, 0) is 12.1 Å². The lowest BCUT2D eigenvalue weighted by Gasteiger charge is -1.85. The van der Waals surface area contributed by atoms with E-state index in [0.29, 0.717) is 0 Å². The predicted octanol–water partition coefficient (Wildman–Crippen LogP) is 1.97. The maximum atomic E-state index is 11.4. The van der Waals surface area contributed by atoms with E-state index >= 15 is 0 Å². The molecule has 0 aliphatic rings. The molecule has 2 aromatic heterocycles. The average molecular weight is 208 g/mol. The highest BCUT2D eigenvalue weighted by Crippen LogP contribution is 2.23. The molecule has 13 heavy (non-hydrogen) atoms. The van der Waals surface area contributed by atoms with Crippen LogP contribution in [0, 0.1) is 0 Å². The van der Waals surface area contributed by atoms with Crippen molar-refractivity contribution in [3.05, 3.63) is 33.9 Å². The Morgan fingerprint density at radius 1 is 1.31 bits per heavy atom. The van der Waals surface area contributed by atoms with Gasteiger partial charge in [-0.3, -0.25) is 4.79 Å². The molecule has 3 rings (SSSR count). The van der Waals surface area contributed by atoms with Crippen molar-refractivity contribution in [1.29, 1.82) is 0 Å². The highest BCUT2D eigenvalue weighted by atomic mass is 32.1. The number of para-hydroxylation sites is 1. The van der Waals surface area contributed by atoms with Crippen LogP contribution >= 0.6 is 22.9 Å². The van der Waals surface area contributed by atoms with Gasteiger partial charge in [-0.2, -0.15) is 4.37 Å². The highest BCUT2D eigenvalue weighted by Gasteiger charge is 2.07. The lowest BCUT2D eigenvalue weighted by atomic mass is 10.3. The molecule has 0 spiro atoms. The van der Waals surface area contributed by atoms with Gasteiger partial charge >= 0.3 is 4.87 Å². The molecule has 64 valence electrons. The summed E-state index contributed by atoms with van der Waals surface area (Å²) in [6, 6.07) is 7.83. The molecule has 0 saturated heterocycles. The zero-order valence-corrected chi connectivity index (χ0v) is 8.06.